The molecule has 0 radical (unpaired) electrons. The molecule has 1 heterocycles. The van der Waals surface area contributed by atoms with Crippen molar-refractivity contribution in [3.63, 3.8) is 0 Å². The zero-order valence-electron chi connectivity index (χ0n) is 16.2. The van der Waals surface area contributed by atoms with Gasteiger partial charge in [-0.1, -0.05) is 36.4 Å². The zero-order valence-corrected chi connectivity index (χ0v) is 17.8. The topological polar surface area (TPSA) is 114 Å². The number of ether oxygens (including phenoxy) is 5. The molecule has 1 aliphatic heterocycles. The van der Waals surface area contributed by atoms with Gasteiger partial charge in [0.15, 0.2) is 6.10 Å². The van der Waals surface area contributed by atoms with Gasteiger partial charge >= 0.3 is 23.9 Å². The van der Waals surface area contributed by atoms with Crippen molar-refractivity contribution in [2.75, 3.05) is 13.2 Å². The second kappa shape index (κ2) is 11.2. The summed E-state index contributed by atoms with van der Waals surface area (Å²) in [4.78, 5) is 45.0. The van der Waals surface area contributed by atoms with Crippen LogP contribution in [0.1, 0.15) is 27.7 Å². The molecule has 6 atom stereocenters. The van der Waals surface area contributed by atoms with E-state index in [0.29, 0.717) is 0 Å². The van der Waals surface area contributed by atoms with Gasteiger partial charge in [-0.05, 0) is 5.92 Å². The molecule has 0 aromatic carbocycles. The summed E-state index contributed by atoms with van der Waals surface area (Å²) in [5.41, 5.74) is 0. The summed E-state index contributed by atoms with van der Waals surface area (Å²) in [5, 5.41) is 0. The molecular weight excluding hydrogens is 440 g/mol. The Labute approximate surface area is 171 Å². The van der Waals surface area contributed by atoms with Crippen LogP contribution in [0.4, 0.5) is 0 Å². The first kappa shape index (κ1) is 24.1. The molecule has 1 rings (SSSR count). The van der Waals surface area contributed by atoms with Crippen molar-refractivity contribution in [2.24, 2.45) is 11.8 Å². The first-order valence-corrected chi connectivity index (χ1v) is 9.58. The van der Waals surface area contributed by atoms with Crippen molar-refractivity contribution in [1.29, 1.82) is 0 Å². The number of carbonyl (C=O) groups excluding carboxylic acids is 4. The lowest BCUT2D eigenvalue weighted by Crippen LogP contribution is -2.53. The summed E-state index contributed by atoms with van der Waals surface area (Å²) in [6, 6.07) is 0. The molecule has 0 saturated carbocycles. The van der Waals surface area contributed by atoms with Gasteiger partial charge in [0, 0.05) is 25.8 Å². The third kappa shape index (κ3) is 7.23. The van der Waals surface area contributed by atoms with Crippen molar-refractivity contribution in [3.05, 3.63) is 12.7 Å². The fourth-order valence-electron chi connectivity index (χ4n) is 2.60. The van der Waals surface area contributed by atoms with Crippen molar-refractivity contribution >= 4 is 39.8 Å². The smallest absolute Gasteiger partial charge is 0.330 e. The average Bonchev–Trinajstić information content (AvgIpc) is 2.63. The fourth-order valence-corrected chi connectivity index (χ4v) is 2.86. The van der Waals surface area contributed by atoms with Gasteiger partial charge in [-0.15, -0.1) is 0 Å². The van der Waals surface area contributed by atoms with Crippen molar-refractivity contribution in [1.82, 2.24) is 0 Å². The summed E-state index contributed by atoms with van der Waals surface area (Å²) in [6.07, 6.45) is -1.49. The predicted octanol–water partition coefficient (Wildman–Crippen LogP) is 1.51. The van der Waals surface area contributed by atoms with E-state index in [1.54, 1.807) is 0 Å². The van der Waals surface area contributed by atoms with Crippen LogP contribution in [-0.4, -0.2) is 60.4 Å². The van der Waals surface area contributed by atoms with E-state index < -0.39 is 47.2 Å². The number of halogens is 1. The molecule has 1 fully saturated rings. The minimum atomic E-state index is -1.11. The van der Waals surface area contributed by atoms with Crippen molar-refractivity contribution in [3.8, 4) is 0 Å². The maximum Gasteiger partial charge on any atom is 0.330 e. The largest absolute Gasteiger partial charge is 0.462 e. The van der Waals surface area contributed by atoms with Crippen LogP contribution in [0.5, 0.6) is 0 Å². The number of esters is 4. The fraction of sp³-hybridized carbons (Fsp3) is 0.667. The van der Waals surface area contributed by atoms with Crippen molar-refractivity contribution < 1.29 is 42.9 Å². The Morgan fingerprint density at radius 1 is 1.07 bits per heavy atom. The Hall–Kier alpha value is -1.94. The summed E-state index contributed by atoms with van der Waals surface area (Å²) in [7, 11) is 0. The monoisotopic (exact) mass is 464 g/mol. The van der Waals surface area contributed by atoms with Crippen molar-refractivity contribution in [2.45, 2.75) is 51.0 Å². The number of hydrogen-bond acceptors (Lipinski definition) is 9. The van der Waals surface area contributed by atoms with E-state index in [1.807, 2.05) is 13.8 Å². The standard InChI is InChI=1S/C18H25BrO9/c1-6-15(22)24-7-13(19)17(23)25-8-14-9(2)10(3)16(26-11(4)20)18(28-14)27-12(5)21/h6,9-10,13-14,16,18H,1,7-8H2,2-5H3. The molecule has 0 N–H and O–H groups in total. The summed E-state index contributed by atoms with van der Waals surface area (Å²) in [6.45, 7) is 9.07. The lowest BCUT2D eigenvalue weighted by Gasteiger charge is -2.42. The normalized spacial score (nSPS) is 27.8. The highest BCUT2D eigenvalue weighted by atomic mass is 79.9. The van der Waals surface area contributed by atoms with E-state index in [0.717, 1.165) is 6.08 Å². The lowest BCUT2D eigenvalue weighted by molar-refractivity contribution is -0.271. The zero-order chi connectivity index (χ0) is 21.4. The molecule has 0 spiro atoms. The molecule has 1 aliphatic rings. The molecule has 28 heavy (non-hydrogen) atoms. The molecule has 0 bridgehead atoms. The van der Waals surface area contributed by atoms with Gasteiger partial charge in [-0.2, -0.15) is 0 Å². The van der Waals surface area contributed by atoms with Gasteiger partial charge in [0.1, 0.15) is 18.0 Å². The minimum absolute atomic E-state index is 0.119. The average molecular weight is 465 g/mol. The van der Waals surface area contributed by atoms with Gasteiger partial charge in [0.05, 0.1) is 6.10 Å². The highest BCUT2D eigenvalue weighted by molar-refractivity contribution is 9.10. The molecular formula is C18H25BrO9. The minimum Gasteiger partial charge on any atom is -0.462 e. The van der Waals surface area contributed by atoms with E-state index in [2.05, 4.69) is 22.5 Å². The van der Waals surface area contributed by atoms with Crippen LogP contribution in [0.2, 0.25) is 0 Å². The molecule has 10 heteroatoms. The molecule has 1 saturated heterocycles. The van der Waals surface area contributed by atoms with Gasteiger partial charge in [-0.25, -0.2) is 4.79 Å². The maximum absolute atomic E-state index is 12.0. The third-order valence-electron chi connectivity index (χ3n) is 4.28. The van der Waals surface area contributed by atoms with Gasteiger partial charge < -0.3 is 23.7 Å². The van der Waals surface area contributed by atoms with Gasteiger partial charge in [-0.3, -0.25) is 14.4 Å². The summed E-state index contributed by atoms with van der Waals surface area (Å²) < 4.78 is 26.1. The van der Waals surface area contributed by atoms with Crippen LogP contribution >= 0.6 is 15.9 Å². The molecule has 6 unspecified atom stereocenters. The van der Waals surface area contributed by atoms with Crippen LogP contribution < -0.4 is 0 Å². The lowest BCUT2D eigenvalue weighted by atomic mass is 9.83. The van der Waals surface area contributed by atoms with E-state index in [4.69, 9.17) is 23.7 Å². The number of rotatable bonds is 8. The van der Waals surface area contributed by atoms with Crippen LogP contribution in [0.25, 0.3) is 0 Å². The highest BCUT2D eigenvalue weighted by Gasteiger charge is 2.45. The first-order chi connectivity index (χ1) is 13.1. The van der Waals surface area contributed by atoms with Crippen LogP contribution in [0.3, 0.4) is 0 Å². The van der Waals surface area contributed by atoms with E-state index in [1.165, 1.54) is 13.8 Å². The van der Waals surface area contributed by atoms with Crippen LogP contribution in [0.15, 0.2) is 12.7 Å². The molecule has 158 valence electrons. The molecule has 0 aromatic heterocycles. The molecule has 9 nitrogen and oxygen atoms in total. The maximum atomic E-state index is 12.0. The third-order valence-corrected chi connectivity index (χ3v) is 4.92. The van der Waals surface area contributed by atoms with Crippen LogP contribution in [-0.2, 0) is 42.9 Å². The summed E-state index contributed by atoms with van der Waals surface area (Å²) in [5.74, 6) is -2.81. The van der Waals surface area contributed by atoms with E-state index in [9.17, 15) is 19.2 Å². The quantitative estimate of drug-likeness (QED) is 0.228. The summed E-state index contributed by atoms with van der Waals surface area (Å²) >= 11 is 3.08. The highest BCUT2D eigenvalue weighted by Crippen LogP contribution is 2.33. The predicted molar refractivity (Wildman–Crippen MR) is 99.1 cm³/mol. The SMILES string of the molecule is C=CC(=O)OCC(Br)C(=O)OCC1OC(OC(C)=O)C(OC(C)=O)C(C)C1C. The number of carbonyl (C=O) groups is 4. The van der Waals surface area contributed by atoms with Crippen LogP contribution in [0, 0.1) is 11.8 Å². The molecule has 0 aliphatic carbocycles. The second-order valence-electron chi connectivity index (χ2n) is 6.38. The Morgan fingerprint density at radius 3 is 2.21 bits per heavy atom. The first-order valence-electron chi connectivity index (χ1n) is 8.66. The Bertz CT molecular complexity index is 606. The Morgan fingerprint density at radius 2 is 1.68 bits per heavy atom. The Balaban J connectivity index is 2.70. The van der Waals surface area contributed by atoms with Gasteiger partial charge in [0.25, 0.3) is 0 Å². The van der Waals surface area contributed by atoms with Gasteiger partial charge in [0.2, 0.25) is 6.29 Å². The number of alkyl halides is 1. The van der Waals surface area contributed by atoms with E-state index in [-0.39, 0.29) is 25.0 Å². The number of hydrogen-bond donors (Lipinski definition) is 0. The second-order valence-corrected chi connectivity index (χ2v) is 7.48. The molecule has 0 aromatic rings. The molecule has 0 amide bonds. The Kier molecular flexibility index (Phi) is 9.60. The van der Waals surface area contributed by atoms with E-state index >= 15 is 0 Å².